The van der Waals surface area contributed by atoms with Gasteiger partial charge in [0.25, 0.3) is 5.56 Å². The molecule has 26 heavy (non-hydrogen) atoms. The van der Waals surface area contributed by atoms with Crippen molar-refractivity contribution < 1.29 is 5.11 Å². The van der Waals surface area contributed by atoms with Crippen LogP contribution in [0.15, 0.2) is 53.6 Å². The number of H-pyrrole nitrogens is 1. The number of hydrogen-bond acceptors (Lipinski definition) is 4. The van der Waals surface area contributed by atoms with Gasteiger partial charge < -0.3 is 10.1 Å². The highest BCUT2D eigenvalue weighted by molar-refractivity contribution is 5.81. The molecule has 134 valence electrons. The van der Waals surface area contributed by atoms with E-state index in [4.69, 9.17) is 0 Å². The number of aryl methyl sites for hydroxylation is 1. The molecule has 0 radical (unpaired) electrons. The Kier molecular flexibility index (Phi) is 4.57. The third-order valence-electron chi connectivity index (χ3n) is 5.29. The number of nitrogens with one attached hydrogen (secondary N) is 1. The number of nitrogens with zero attached hydrogens (tertiary/aromatic N) is 2. The van der Waals surface area contributed by atoms with Crippen LogP contribution in [0.3, 0.4) is 0 Å². The Balaban J connectivity index is 1.50. The maximum absolute atomic E-state index is 12.5. The number of fused-ring (bicyclic) bond motifs is 1. The van der Waals surface area contributed by atoms with Gasteiger partial charge in [0.1, 0.15) is 0 Å². The van der Waals surface area contributed by atoms with Gasteiger partial charge in [0.15, 0.2) is 0 Å². The van der Waals surface area contributed by atoms with Crippen LogP contribution in [0.4, 0.5) is 0 Å². The molecule has 2 N–H and O–H groups in total. The number of aromatic nitrogens is 2. The lowest BCUT2D eigenvalue weighted by molar-refractivity contribution is 0.141. The van der Waals surface area contributed by atoms with Crippen molar-refractivity contribution in [3.8, 4) is 0 Å². The van der Waals surface area contributed by atoms with Crippen LogP contribution in [0.2, 0.25) is 0 Å². The first kappa shape index (κ1) is 16.9. The third-order valence-corrected chi connectivity index (χ3v) is 5.29. The summed E-state index contributed by atoms with van der Waals surface area (Å²) in [6.45, 7) is 3.94. The standard InChI is InChI=1S/C21H23N3O2/c1-14-3-2-4-16-10-18(21(26)23-20(14)16)12-24-11-17(19(25)13-24)9-15-5-7-22-8-6-15/h2-8,10,17,19,25H,9,11-13H2,1H3,(H,23,26)/t17-,19-/m1/s1. The number of para-hydroxylation sites is 1. The fourth-order valence-electron chi connectivity index (χ4n) is 3.88. The van der Waals surface area contributed by atoms with Gasteiger partial charge in [0.2, 0.25) is 0 Å². The van der Waals surface area contributed by atoms with Crippen LogP contribution in [0.5, 0.6) is 0 Å². The number of aromatic amines is 1. The highest BCUT2D eigenvalue weighted by Gasteiger charge is 2.31. The summed E-state index contributed by atoms with van der Waals surface area (Å²) in [7, 11) is 0. The zero-order valence-electron chi connectivity index (χ0n) is 14.9. The second-order valence-electron chi connectivity index (χ2n) is 7.24. The SMILES string of the molecule is Cc1cccc2cc(CN3C[C@@H](Cc4ccncc4)[C@H](O)C3)c(=O)[nH]c12. The molecule has 1 aliphatic rings. The van der Waals surface area contributed by atoms with Gasteiger partial charge in [0.05, 0.1) is 11.6 Å². The Hall–Kier alpha value is -2.50. The summed E-state index contributed by atoms with van der Waals surface area (Å²) in [6.07, 6.45) is 4.02. The Morgan fingerprint density at radius 3 is 2.85 bits per heavy atom. The minimum atomic E-state index is -0.370. The van der Waals surface area contributed by atoms with Crippen LogP contribution in [-0.2, 0) is 13.0 Å². The minimum Gasteiger partial charge on any atom is -0.391 e. The van der Waals surface area contributed by atoms with Gasteiger partial charge in [-0.15, -0.1) is 0 Å². The van der Waals surface area contributed by atoms with E-state index in [9.17, 15) is 9.90 Å². The van der Waals surface area contributed by atoms with Gasteiger partial charge in [-0.1, -0.05) is 18.2 Å². The van der Waals surface area contributed by atoms with E-state index in [-0.39, 0.29) is 17.6 Å². The summed E-state index contributed by atoms with van der Waals surface area (Å²) < 4.78 is 0. The lowest BCUT2D eigenvalue weighted by Crippen LogP contribution is -2.26. The van der Waals surface area contributed by atoms with E-state index in [1.807, 2.05) is 43.3 Å². The highest BCUT2D eigenvalue weighted by Crippen LogP contribution is 2.23. The maximum Gasteiger partial charge on any atom is 0.252 e. The van der Waals surface area contributed by atoms with E-state index < -0.39 is 0 Å². The average Bonchev–Trinajstić information content (AvgIpc) is 2.97. The molecule has 5 nitrogen and oxygen atoms in total. The van der Waals surface area contributed by atoms with Crippen LogP contribution in [0.25, 0.3) is 10.9 Å². The van der Waals surface area contributed by atoms with E-state index in [1.165, 1.54) is 5.56 Å². The molecule has 5 heteroatoms. The van der Waals surface area contributed by atoms with Crippen molar-refractivity contribution in [3.63, 3.8) is 0 Å². The van der Waals surface area contributed by atoms with Crippen molar-refractivity contribution in [1.29, 1.82) is 0 Å². The molecular formula is C21H23N3O2. The fraction of sp³-hybridized carbons (Fsp3) is 0.333. The quantitative estimate of drug-likeness (QED) is 0.758. The first-order chi connectivity index (χ1) is 12.6. The number of hydrogen-bond donors (Lipinski definition) is 2. The minimum absolute atomic E-state index is 0.0427. The summed E-state index contributed by atoms with van der Waals surface area (Å²) in [5, 5.41) is 11.5. The fourth-order valence-corrected chi connectivity index (χ4v) is 3.88. The molecule has 2 atom stereocenters. The average molecular weight is 349 g/mol. The van der Waals surface area contributed by atoms with Gasteiger partial charge in [-0.05, 0) is 48.1 Å². The van der Waals surface area contributed by atoms with E-state index in [0.29, 0.717) is 13.1 Å². The number of benzene rings is 1. The molecular weight excluding hydrogens is 326 g/mol. The molecule has 4 rings (SSSR count). The molecule has 0 amide bonds. The smallest absolute Gasteiger partial charge is 0.252 e. The number of rotatable bonds is 4. The van der Waals surface area contributed by atoms with Gasteiger partial charge in [-0.25, -0.2) is 0 Å². The predicted molar refractivity (Wildman–Crippen MR) is 102 cm³/mol. The number of likely N-dealkylation sites (tertiary alicyclic amines) is 1. The zero-order valence-corrected chi connectivity index (χ0v) is 14.9. The Morgan fingerprint density at radius 1 is 1.23 bits per heavy atom. The molecule has 1 fully saturated rings. The van der Waals surface area contributed by atoms with Crippen LogP contribution in [-0.4, -0.2) is 39.2 Å². The Labute approximate surface area is 152 Å². The van der Waals surface area contributed by atoms with E-state index in [0.717, 1.165) is 35.0 Å². The summed E-state index contributed by atoms with van der Waals surface area (Å²) in [6, 6.07) is 12.0. The first-order valence-electron chi connectivity index (χ1n) is 9.01. The van der Waals surface area contributed by atoms with Gasteiger partial charge in [0, 0.05) is 43.5 Å². The predicted octanol–water partition coefficient (Wildman–Crippen LogP) is 2.27. The monoisotopic (exact) mass is 349 g/mol. The molecule has 0 aliphatic carbocycles. The zero-order chi connectivity index (χ0) is 18.1. The van der Waals surface area contributed by atoms with Gasteiger partial charge >= 0.3 is 0 Å². The molecule has 3 heterocycles. The summed E-state index contributed by atoms with van der Waals surface area (Å²) in [5.74, 6) is 0.180. The number of pyridine rings is 2. The van der Waals surface area contributed by atoms with Crippen LogP contribution >= 0.6 is 0 Å². The van der Waals surface area contributed by atoms with Crippen molar-refractivity contribution in [1.82, 2.24) is 14.9 Å². The number of aliphatic hydroxyl groups excluding tert-OH is 1. The molecule has 0 bridgehead atoms. The molecule has 1 saturated heterocycles. The summed E-state index contributed by atoms with van der Waals surface area (Å²) >= 11 is 0. The van der Waals surface area contributed by atoms with Crippen LogP contribution < -0.4 is 5.56 Å². The lowest BCUT2D eigenvalue weighted by atomic mass is 9.97. The summed E-state index contributed by atoms with van der Waals surface area (Å²) in [5.41, 5.74) is 3.86. The molecule has 1 aliphatic heterocycles. The van der Waals surface area contributed by atoms with Crippen molar-refractivity contribution in [3.05, 3.63) is 75.8 Å². The molecule has 1 aromatic carbocycles. The number of β-amino-alcohol motifs (C(OH)–C–C–N with tert-alkyl or cyclic N) is 1. The molecule has 2 aromatic heterocycles. The van der Waals surface area contributed by atoms with E-state index in [2.05, 4.69) is 14.9 Å². The highest BCUT2D eigenvalue weighted by atomic mass is 16.3. The van der Waals surface area contributed by atoms with Gasteiger partial charge in [-0.2, -0.15) is 0 Å². The normalized spacial score (nSPS) is 20.7. The van der Waals surface area contributed by atoms with Gasteiger partial charge in [-0.3, -0.25) is 14.7 Å². The second-order valence-corrected chi connectivity index (χ2v) is 7.24. The third kappa shape index (κ3) is 3.41. The van der Waals surface area contributed by atoms with Crippen molar-refractivity contribution >= 4 is 10.9 Å². The number of aliphatic hydroxyl groups is 1. The summed E-state index contributed by atoms with van der Waals surface area (Å²) in [4.78, 5) is 21.7. The molecule has 0 spiro atoms. The molecule has 0 unspecified atom stereocenters. The topological polar surface area (TPSA) is 69.2 Å². The second kappa shape index (κ2) is 7.02. The van der Waals surface area contributed by atoms with Crippen molar-refractivity contribution in [2.24, 2.45) is 5.92 Å². The molecule has 0 saturated carbocycles. The molecule has 3 aromatic rings. The Bertz CT molecular complexity index is 968. The lowest BCUT2D eigenvalue weighted by Gasteiger charge is -2.16. The first-order valence-corrected chi connectivity index (χ1v) is 9.01. The van der Waals surface area contributed by atoms with Crippen molar-refractivity contribution in [2.75, 3.05) is 13.1 Å². The Morgan fingerprint density at radius 2 is 2.04 bits per heavy atom. The maximum atomic E-state index is 12.5. The van der Waals surface area contributed by atoms with E-state index in [1.54, 1.807) is 12.4 Å². The van der Waals surface area contributed by atoms with Crippen LogP contribution in [0, 0.1) is 12.8 Å². The van der Waals surface area contributed by atoms with E-state index >= 15 is 0 Å². The van der Waals surface area contributed by atoms with Crippen LogP contribution in [0.1, 0.15) is 16.7 Å². The van der Waals surface area contributed by atoms with Crippen molar-refractivity contribution in [2.45, 2.75) is 26.0 Å². The largest absolute Gasteiger partial charge is 0.391 e.